The van der Waals surface area contributed by atoms with E-state index in [9.17, 15) is 4.55 Å². The lowest BCUT2D eigenvalue weighted by Gasteiger charge is -2.39. The highest BCUT2D eigenvalue weighted by Gasteiger charge is 2.43. The molecule has 0 saturated carbocycles. The van der Waals surface area contributed by atoms with Gasteiger partial charge in [0.25, 0.3) is 0 Å². The second-order valence-electron chi connectivity index (χ2n) is 6.49. The van der Waals surface area contributed by atoms with Crippen molar-refractivity contribution in [1.82, 2.24) is 0 Å². The average Bonchev–Trinajstić information content (AvgIpc) is 2.49. The number of nitrogens with two attached hydrogens (primary N) is 2. The first-order valence-electron chi connectivity index (χ1n) is 6.44. The lowest BCUT2D eigenvalue weighted by atomic mass is 9.69. The normalized spacial score (nSPS) is 31.7. The van der Waals surface area contributed by atoms with E-state index < -0.39 is 10.8 Å². The van der Waals surface area contributed by atoms with Crippen molar-refractivity contribution in [2.45, 2.75) is 37.6 Å². The summed E-state index contributed by atoms with van der Waals surface area (Å²) in [5.74, 6) is 0. The third-order valence-corrected chi connectivity index (χ3v) is 5.77. The molecule has 3 rings (SSSR count). The maximum Gasteiger partial charge on any atom is 0.0372 e. The Hall–Kier alpha value is -1.10. The molecule has 1 heterocycles. The fraction of sp³-hybridized carbons (Fsp3) is 0.400. The number of nitrogen functional groups attached to an aromatic ring is 1. The topological polar surface area (TPSA) is 72.3 Å². The number of hydrogen-bond acceptors (Lipinski definition) is 3. The molecule has 3 nitrogen and oxygen atoms in total. The third kappa shape index (κ3) is 1.86. The van der Waals surface area contributed by atoms with Gasteiger partial charge in [-0.25, -0.2) is 0 Å². The Morgan fingerprint density at radius 3 is 2.63 bits per heavy atom. The van der Waals surface area contributed by atoms with Gasteiger partial charge in [-0.05, 0) is 52.8 Å². The summed E-state index contributed by atoms with van der Waals surface area (Å²) >= 11 is 0. The predicted molar refractivity (Wildman–Crippen MR) is 83.3 cm³/mol. The summed E-state index contributed by atoms with van der Waals surface area (Å²) in [6.45, 7) is 6.36. The minimum atomic E-state index is -0.864. The molecule has 1 unspecified atom stereocenters. The van der Waals surface area contributed by atoms with Gasteiger partial charge in [-0.3, -0.25) is 0 Å². The van der Waals surface area contributed by atoms with Gasteiger partial charge in [0.1, 0.15) is 0 Å². The van der Waals surface area contributed by atoms with E-state index in [1.54, 1.807) is 0 Å². The lowest BCUT2D eigenvalue weighted by Crippen LogP contribution is -2.45. The van der Waals surface area contributed by atoms with Crippen LogP contribution in [0.15, 0.2) is 29.2 Å². The summed E-state index contributed by atoms with van der Waals surface area (Å²) in [5, 5.41) is 0. The van der Waals surface area contributed by atoms with E-state index in [4.69, 9.17) is 11.5 Å². The predicted octanol–water partition coefficient (Wildman–Crippen LogP) is 3.09. The minimum absolute atomic E-state index is 0.0980. The molecule has 0 spiro atoms. The number of rotatable bonds is 0. The largest absolute Gasteiger partial charge is 0.399 e. The van der Waals surface area contributed by atoms with Gasteiger partial charge in [0.05, 0.1) is 0 Å². The molecule has 0 aromatic heterocycles. The summed E-state index contributed by atoms with van der Waals surface area (Å²) in [6, 6.07) is 5.76. The molecule has 0 amide bonds. The Morgan fingerprint density at radius 1 is 1.26 bits per heavy atom. The molecule has 4 heteroatoms. The Labute approximate surface area is 116 Å². The second kappa shape index (κ2) is 3.72. The fourth-order valence-corrected chi connectivity index (χ4v) is 5.27. The highest BCUT2D eigenvalue weighted by Crippen LogP contribution is 2.52. The smallest absolute Gasteiger partial charge is 0.0372 e. The van der Waals surface area contributed by atoms with Gasteiger partial charge in [0, 0.05) is 21.0 Å². The average molecular weight is 276 g/mol. The standard InChI is InChI=1S/C15H20N2OS/c1-14(2)8-15(3,17)7-11-10-5-4-9(16)6-12(10)19(18)13(11)14/h4-7,18H,8,16-17H2,1-3H3/t15-,19?/m1/s1. The summed E-state index contributed by atoms with van der Waals surface area (Å²) in [4.78, 5) is 2.04. The van der Waals surface area contributed by atoms with Crippen LogP contribution in [0.5, 0.6) is 0 Å². The zero-order valence-corrected chi connectivity index (χ0v) is 12.3. The molecule has 0 saturated heterocycles. The first-order valence-corrected chi connectivity index (χ1v) is 7.62. The summed E-state index contributed by atoms with van der Waals surface area (Å²) < 4.78 is 10.7. The van der Waals surface area contributed by atoms with E-state index in [1.165, 1.54) is 0 Å². The van der Waals surface area contributed by atoms with Crippen molar-refractivity contribution < 1.29 is 4.55 Å². The van der Waals surface area contributed by atoms with Crippen LogP contribution in [0.4, 0.5) is 5.69 Å². The molecule has 1 aromatic carbocycles. The maximum atomic E-state index is 10.7. The van der Waals surface area contributed by atoms with Gasteiger partial charge >= 0.3 is 0 Å². The first-order chi connectivity index (χ1) is 8.71. The molecule has 1 aliphatic carbocycles. The van der Waals surface area contributed by atoms with Crippen LogP contribution < -0.4 is 11.5 Å². The molecule has 2 atom stereocenters. The number of benzene rings is 1. The van der Waals surface area contributed by atoms with Gasteiger partial charge in [0.15, 0.2) is 0 Å². The van der Waals surface area contributed by atoms with Crippen LogP contribution in [0.25, 0.3) is 5.57 Å². The van der Waals surface area contributed by atoms with Gasteiger partial charge < -0.3 is 16.0 Å². The minimum Gasteiger partial charge on any atom is -0.399 e. The molecule has 1 aliphatic heterocycles. The molecule has 1 aromatic rings. The molecule has 5 N–H and O–H groups in total. The molecule has 2 aliphatic rings. The Kier molecular flexibility index (Phi) is 2.53. The van der Waals surface area contributed by atoms with Crippen molar-refractivity contribution >= 4 is 26.9 Å². The fourth-order valence-electron chi connectivity index (χ4n) is 3.44. The highest BCUT2D eigenvalue weighted by molar-refractivity contribution is 8.12. The van der Waals surface area contributed by atoms with Crippen LogP contribution in [-0.2, 0) is 0 Å². The van der Waals surface area contributed by atoms with Crippen molar-refractivity contribution in [2.24, 2.45) is 11.1 Å². The lowest BCUT2D eigenvalue weighted by molar-refractivity contribution is 0.373. The van der Waals surface area contributed by atoms with Crippen molar-refractivity contribution in [3.63, 3.8) is 0 Å². The van der Waals surface area contributed by atoms with E-state index in [1.807, 2.05) is 25.1 Å². The zero-order valence-electron chi connectivity index (χ0n) is 11.5. The van der Waals surface area contributed by atoms with E-state index in [2.05, 4.69) is 19.9 Å². The van der Waals surface area contributed by atoms with E-state index in [-0.39, 0.29) is 11.0 Å². The van der Waals surface area contributed by atoms with Crippen LogP contribution >= 0.6 is 10.8 Å². The van der Waals surface area contributed by atoms with Gasteiger partial charge in [-0.1, -0.05) is 26.0 Å². The van der Waals surface area contributed by atoms with Crippen LogP contribution in [-0.4, -0.2) is 15.0 Å². The van der Waals surface area contributed by atoms with E-state index in [0.717, 1.165) is 27.3 Å². The van der Waals surface area contributed by atoms with Gasteiger partial charge in [-0.2, -0.15) is 0 Å². The number of hydrogen-bond donors (Lipinski definition) is 3. The summed E-state index contributed by atoms with van der Waals surface area (Å²) in [5.41, 5.74) is 14.6. The van der Waals surface area contributed by atoms with Crippen molar-refractivity contribution in [3.8, 4) is 0 Å². The number of fused-ring (bicyclic) bond motifs is 3. The molecule has 0 bridgehead atoms. The Bertz CT molecular complexity index is 642. The van der Waals surface area contributed by atoms with Crippen LogP contribution in [0.1, 0.15) is 32.8 Å². The third-order valence-electron chi connectivity index (χ3n) is 3.85. The summed E-state index contributed by atoms with van der Waals surface area (Å²) in [7, 11) is -0.864. The second-order valence-corrected chi connectivity index (χ2v) is 7.91. The zero-order chi connectivity index (χ0) is 14.0. The van der Waals surface area contributed by atoms with Crippen LogP contribution in [0, 0.1) is 5.41 Å². The van der Waals surface area contributed by atoms with Gasteiger partial charge in [0.2, 0.25) is 0 Å². The highest BCUT2D eigenvalue weighted by atomic mass is 32.2. The molecular formula is C15H20N2OS. The monoisotopic (exact) mass is 276 g/mol. The molecule has 0 radical (unpaired) electrons. The molecule has 0 fully saturated rings. The first kappa shape index (κ1) is 12.9. The van der Waals surface area contributed by atoms with E-state index >= 15 is 0 Å². The maximum absolute atomic E-state index is 10.7. The molecular weight excluding hydrogens is 256 g/mol. The SMILES string of the molecule is CC1(C)C[C@](C)(N)C=C2C1=S(O)c1cc(N)ccc12. The molecule has 19 heavy (non-hydrogen) atoms. The van der Waals surface area contributed by atoms with Crippen molar-refractivity contribution in [3.05, 3.63) is 29.8 Å². The van der Waals surface area contributed by atoms with Crippen molar-refractivity contribution in [2.75, 3.05) is 5.73 Å². The Balaban J connectivity index is 2.33. The van der Waals surface area contributed by atoms with Crippen LogP contribution in [0.2, 0.25) is 0 Å². The van der Waals surface area contributed by atoms with Crippen molar-refractivity contribution in [1.29, 1.82) is 0 Å². The quantitative estimate of drug-likeness (QED) is 0.503. The van der Waals surface area contributed by atoms with E-state index in [0.29, 0.717) is 5.69 Å². The number of allylic oxidation sites excluding steroid dienone is 1. The van der Waals surface area contributed by atoms with Crippen LogP contribution in [0.3, 0.4) is 0 Å². The molecule has 102 valence electrons. The Morgan fingerprint density at radius 2 is 1.95 bits per heavy atom. The summed E-state index contributed by atoms with van der Waals surface area (Å²) in [6.07, 6.45) is 2.94. The number of anilines is 1. The van der Waals surface area contributed by atoms with Gasteiger partial charge in [-0.15, -0.1) is 0 Å².